The van der Waals surface area contributed by atoms with Gasteiger partial charge in [0.15, 0.2) is 4.90 Å². The highest BCUT2D eigenvalue weighted by Gasteiger charge is 2.34. The van der Waals surface area contributed by atoms with Gasteiger partial charge in [-0.3, -0.25) is 28.5 Å². The van der Waals surface area contributed by atoms with E-state index in [1.165, 1.54) is 31.1 Å². The minimum atomic E-state index is -4.39. The van der Waals surface area contributed by atoms with Crippen LogP contribution in [0, 0.1) is 6.92 Å². The molecule has 2 aromatic carbocycles. The Labute approximate surface area is 228 Å². The van der Waals surface area contributed by atoms with E-state index in [-0.39, 0.29) is 23.7 Å². The molecule has 0 spiro atoms. The number of anilines is 1. The first-order valence-corrected chi connectivity index (χ1v) is 14.4. The van der Waals surface area contributed by atoms with Crippen LogP contribution >= 0.6 is 0 Å². The first-order chi connectivity index (χ1) is 18.6. The molecule has 1 amide bonds. The number of hydrogen-bond acceptors (Lipinski definition) is 7. The Balaban J connectivity index is 1.83. The third-order valence-electron chi connectivity index (χ3n) is 6.91. The maximum Gasteiger partial charge on any atom is 0.332 e. The SMILES string of the molecule is Cc1ccc(S(=O)(=O)c2c(N(CCCN3CCOCC3)C(=O)Cc3ccccc3)n(C)c(=O)n(C)c2=O)cc1. The second-order valence-corrected chi connectivity index (χ2v) is 11.6. The molecule has 0 radical (unpaired) electrons. The zero-order chi connectivity index (χ0) is 28.2. The zero-order valence-electron chi connectivity index (χ0n) is 22.5. The summed E-state index contributed by atoms with van der Waals surface area (Å²) in [6, 6.07) is 15.2. The first-order valence-electron chi connectivity index (χ1n) is 12.9. The molecule has 1 aromatic heterocycles. The lowest BCUT2D eigenvalue weighted by Gasteiger charge is -2.30. The number of ether oxygens (including phenoxy) is 1. The molecule has 1 aliphatic heterocycles. The largest absolute Gasteiger partial charge is 0.379 e. The highest BCUT2D eigenvalue weighted by atomic mass is 32.2. The minimum absolute atomic E-state index is 0.0220. The third-order valence-corrected chi connectivity index (χ3v) is 8.70. The average Bonchev–Trinajstić information content (AvgIpc) is 2.93. The van der Waals surface area contributed by atoms with Crippen molar-refractivity contribution in [1.82, 2.24) is 14.0 Å². The van der Waals surface area contributed by atoms with E-state index in [0.29, 0.717) is 26.2 Å². The number of aryl methyl sites for hydroxylation is 1. The summed E-state index contributed by atoms with van der Waals surface area (Å²) in [6.07, 6.45) is 0.486. The molecule has 11 heteroatoms. The minimum Gasteiger partial charge on any atom is -0.379 e. The number of hydrogen-bond donors (Lipinski definition) is 0. The molecule has 0 bridgehead atoms. The number of nitrogens with zero attached hydrogens (tertiary/aromatic N) is 4. The van der Waals surface area contributed by atoms with E-state index in [1.807, 2.05) is 25.1 Å². The lowest BCUT2D eigenvalue weighted by Crippen LogP contribution is -2.46. The van der Waals surface area contributed by atoms with E-state index < -0.39 is 31.9 Å². The maximum atomic E-state index is 13.9. The van der Waals surface area contributed by atoms with Crippen LogP contribution in [0.25, 0.3) is 0 Å². The Morgan fingerprint density at radius 3 is 2.23 bits per heavy atom. The van der Waals surface area contributed by atoms with E-state index in [1.54, 1.807) is 24.3 Å². The molecular weight excluding hydrogens is 520 g/mol. The summed E-state index contributed by atoms with van der Waals surface area (Å²) >= 11 is 0. The number of benzene rings is 2. The summed E-state index contributed by atoms with van der Waals surface area (Å²) in [5.41, 5.74) is -0.106. The fourth-order valence-electron chi connectivity index (χ4n) is 4.67. The molecule has 3 aromatic rings. The molecule has 1 fully saturated rings. The van der Waals surface area contributed by atoms with E-state index in [9.17, 15) is 22.8 Å². The number of sulfone groups is 1. The number of morpholine rings is 1. The smallest absolute Gasteiger partial charge is 0.332 e. The molecule has 0 N–H and O–H groups in total. The number of amides is 1. The van der Waals surface area contributed by atoms with Gasteiger partial charge in [-0.15, -0.1) is 0 Å². The monoisotopic (exact) mass is 554 g/mol. The molecule has 0 saturated carbocycles. The number of rotatable bonds is 9. The Kier molecular flexibility index (Phi) is 8.83. The molecule has 2 heterocycles. The van der Waals surface area contributed by atoms with Crippen molar-refractivity contribution in [3.8, 4) is 0 Å². The van der Waals surface area contributed by atoms with Crippen molar-refractivity contribution in [3.05, 3.63) is 86.6 Å². The van der Waals surface area contributed by atoms with Crippen LogP contribution in [-0.2, 0) is 39.9 Å². The number of carbonyl (C=O) groups is 1. The Hall–Kier alpha value is -3.54. The van der Waals surface area contributed by atoms with Gasteiger partial charge in [-0.25, -0.2) is 13.2 Å². The maximum absolute atomic E-state index is 13.9. The summed E-state index contributed by atoms with van der Waals surface area (Å²) in [7, 11) is -1.77. The van der Waals surface area contributed by atoms with Crippen molar-refractivity contribution < 1.29 is 17.9 Å². The number of carbonyl (C=O) groups excluding carboxylic acids is 1. The highest BCUT2D eigenvalue weighted by molar-refractivity contribution is 7.91. The summed E-state index contributed by atoms with van der Waals surface area (Å²) in [5, 5.41) is 0. The second kappa shape index (κ2) is 12.1. The molecule has 1 saturated heterocycles. The van der Waals surface area contributed by atoms with Crippen LogP contribution in [-0.4, -0.2) is 67.8 Å². The van der Waals surface area contributed by atoms with Gasteiger partial charge in [-0.2, -0.15) is 0 Å². The van der Waals surface area contributed by atoms with Crippen LogP contribution in [0.2, 0.25) is 0 Å². The van der Waals surface area contributed by atoms with Gasteiger partial charge in [0.2, 0.25) is 15.7 Å². The summed E-state index contributed by atoms with van der Waals surface area (Å²) in [5.74, 6) is -0.627. The molecule has 1 aliphatic rings. The highest BCUT2D eigenvalue weighted by Crippen LogP contribution is 2.28. The molecule has 0 aliphatic carbocycles. The Morgan fingerprint density at radius 2 is 1.59 bits per heavy atom. The van der Waals surface area contributed by atoms with Gasteiger partial charge in [0, 0.05) is 40.3 Å². The van der Waals surface area contributed by atoms with Gasteiger partial charge in [-0.05, 0) is 31.0 Å². The molecule has 10 nitrogen and oxygen atoms in total. The van der Waals surface area contributed by atoms with Crippen LogP contribution < -0.4 is 16.1 Å². The van der Waals surface area contributed by atoms with Crippen LogP contribution in [0.5, 0.6) is 0 Å². The number of aromatic nitrogens is 2. The molecular formula is C28H34N4O6S. The Morgan fingerprint density at radius 1 is 0.949 bits per heavy atom. The summed E-state index contributed by atoms with van der Waals surface area (Å²) in [4.78, 5) is 43.1. The molecule has 4 rings (SSSR count). The molecule has 39 heavy (non-hydrogen) atoms. The fourth-order valence-corrected chi connectivity index (χ4v) is 6.25. The van der Waals surface area contributed by atoms with Crippen LogP contribution in [0.4, 0.5) is 5.82 Å². The van der Waals surface area contributed by atoms with Gasteiger partial charge < -0.3 is 4.74 Å². The lowest BCUT2D eigenvalue weighted by atomic mass is 10.1. The molecule has 0 unspecified atom stereocenters. The molecule has 0 atom stereocenters. The fraction of sp³-hybridized carbons (Fsp3) is 0.393. The van der Waals surface area contributed by atoms with Crippen LogP contribution in [0.3, 0.4) is 0 Å². The summed E-state index contributed by atoms with van der Waals surface area (Å²) in [6.45, 7) is 5.37. The lowest BCUT2D eigenvalue weighted by molar-refractivity contribution is -0.118. The molecule has 208 valence electrons. The quantitative estimate of drug-likeness (QED) is 0.394. The van der Waals surface area contributed by atoms with Crippen LogP contribution in [0.1, 0.15) is 17.5 Å². The van der Waals surface area contributed by atoms with E-state index in [0.717, 1.165) is 33.4 Å². The normalized spacial score (nSPS) is 14.3. The van der Waals surface area contributed by atoms with E-state index in [2.05, 4.69) is 4.90 Å². The first kappa shape index (κ1) is 28.5. The second-order valence-electron chi connectivity index (χ2n) is 9.69. The van der Waals surface area contributed by atoms with Crippen molar-refractivity contribution >= 4 is 21.6 Å². The van der Waals surface area contributed by atoms with Gasteiger partial charge >= 0.3 is 5.69 Å². The third kappa shape index (κ3) is 6.21. The topological polar surface area (TPSA) is 111 Å². The van der Waals surface area contributed by atoms with Crippen molar-refractivity contribution in [1.29, 1.82) is 0 Å². The van der Waals surface area contributed by atoms with Gasteiger partial charge in [-0.1, -0.05) is 48.0 Å². The van der Waals surface area contributed by atoms with Crippen molar-refractivity contribution in [3.63, 3.8) is 0 Å². The van der Waals surface area contributed by atoms with E-state index in [4.69, 9.17) is 4.74 Å². The van der Waals surface area contributed by atoms with Crippen molar-refractivity contribution in [2.75, 3.05) is 44.3 Å². The van der Waals surface area contributed by atoms with Gasteiger partial charge in [0.25, 0.3) is 5.56 Å². The van der Waals surface area contributed by atoms with Gasteiger partial charge in [0.05, 0.1) is 24.5 Å². The predicted octanol–water partition coefficient (Wildman–Crippen LogP) is 1.52. The zero-order valence-corrected chi connectivity index (χ0v) is 23.3. The average molecular weight is 555 g/mol. The van der Waals surface area contributed by atoms with Crippen LogP contribution in [0.15, 0.2) is 74.0 Å². The standard InChI is InChI=1S/C28H34N4O6S/c1-21-10-12-23(13-11-21)39(36,37)25-26(29(2)28(35)30(3)27(25)34)32(15-7-14-31-16-18-38-19-17-31)24(33)20-22-8-5-4-6-9-22/h4-6,8-13H,7,14-20H2,1-3H3. The van der Waals surface area contributed by atoms with Gasteiger partial charge in [0.1, 0.15) is 5.82 Å². The predicted molar refractivity (Wildman–Crippen MR) is 148 cm³/mol. The van der Waals surface area contributed by atoms with Crippen molar-refractivity contribution in [2.24, 2.45) is 14.1 Å². The summed E-state index contributed by atoms with van der Waals surface area (Å²) < 4.78 is 35.1. The Bertz CT molecular complexity index is 1540. The van der Waals surface area contributed by atoms with Crippen molar-refractivity contribution in [2.45, 2.75) is 29.6 Å². The van der Waals surface area contributed by atoms with E-state index >= 15 is 0 Å².